The molecule has 0 saturated heterocycles. The maximum atomic E-state index is 12.4. The number of rotatable bonds is 5. The van der Waals surface area contributed by atoms with E-state index in [-0.39, 0.29) is 17.5 Å². The molecule has 1 heterocycles. The summed E-state index contributed by atoms with van der Waals surface area (Å²) in [4.78, 5) is 37.3. The predicted octanol–water partition coefficient (Wildman–Crippen LogP) is 2.37. The molecule has 0 radical (unpaired) electrons. The van der Waals surface area contributed by atoms with E-state index in [1.807, 2.05) is 30.3 Å². The largest absolute Gasteiger partial charge is 0.480 e. The molecular weight excluding hydrogens is 294 g/mol. The van der Waals surface area contributed by atoms with Crippen LogP contribution >= 0.6 is 0 Å². The molecule has 2 aromatic carbocycles. The second-order valence-corrected chi connectivity index (χ2v) is 5.40. The molecule has 5 nitrogen and oxygen atoms in total. The first-order valence-corrected chi connectivity index (χ1v) is 7.33. The summed E-state index contributed by atoms with van der Waals surface area (Å²) in [5.41, 5.74) is 1.50. The normalized spacial score (nSPS) is 14.7. The third-order valence-corrected chi connectivity index (χ3v) is 3.97. The van der Waals surface area contributed by atoms with Crippen LogP contribution in [0, 0.1) is 0 Å². The Morgan fingerprint density at radius 3 is 1.96 bits per heavy atom. The monoisotopic (exact) mass is 309 g/mol. The topological polar surface area (TPSA) is 74.7 Å². The molecule has 0 saturated carbocycles. The van der Waals surface area contributed by atoms with Crippen LogP contribution in [0.2, 0.25) is 0 Å². The minimum absolute atomic E-state index is 0.185. The average Bonchev–Trinajstić information content (AvgIpc) is 2.81. The smallest absolute Gasteiger partial charge is 0.326 e. The summed E-state index contributed by atoms with van der Waals surface area (Å²) in [6, 6.07) is 14.6. The highest BCUT2D eigenvalue weighted by molar-refractivity contribution is 6.22. The van der Waals surface area contributed by atoms with Crippen molar-refractivity contribution < 1.29 is 19.5 Å². The highest BCUT2D eigenvalue weighted by Crippen LogP contribution is 2.26. The molecule has 116 valence electrons. The van der Waals surface area contributed by atoms with Crippen LogP contribution in [0.25, 0.3) is 0 Å². The van der Waals surface area contributed by atoms with Crippen molar-refractivity contribution in [3.8, 4) is 0 Å². The molecule has 0 aliphatic carbocycles. The summed E-state index contributed by atoms with van der Waals surface area (Å²) in [5, 5.41) is 9.48. The van der Waals surface area contributed by atoms with Gasteiger partial charge >= 0.3 is 5.97 Å². The van der Waals surface area contributed by atoms with Crippen molar-refractivity contribution in [3.05, 3.63) is 71.3 Å². The van der Waals surface area contributed by atoms with Crippen molar-refractivity contribution >= 4 is 17.8 Å². The highest BCUT2D eigenvalue weighted by Gasteiger charge is 2.42. The molecular formula is C18H15NO4. The number of hydrogen-bond acceptors (Lipinski definition) is 3. The van der Waals surface area contributed by atoms with E-state index in [2.05, 4.69) is 0 Å². The van der Waals surface area contributed by atoms with Crippen molar-refractivity contribution in [2.45, 2.75) is 18.9 Å². The predicted molar refractivity (Wildman–Crippen MR) is 83.1 cm³/mol. The molecule has 5 heteroatoms. The van der Waals surface area contributed by atoms with Crippen LogP contribution in [0.1, 0.15) is 32.7 Å². The van der Waals surface area contributed by atoms with Crippen molar-refractivity contribution in [3.63, 3.8) is 0 Å². The van der Waals surface area contributed by atoms with Gasteiger partial charge in [0.1, 0.15) is 6.04 Å². The number of carboxylic acids is 1. The molecule has 1 unspecified atom stereocenters. The Labute approximate surface area is 133 Å². The van der Waals surface area contributed by atoms with Gasteiger partial charge in [0, 0.05) is 0 Å². The Bertz CT molecular complexity index is 735. The molecule has 23 heavy (non-hydrogen) atoms. The van der Waals surface area contributed by atoms with E-state index in [1.165, 1.54) is 0 Å². The van der Waals surface area contributed by atoms with E-state index in [0.717, 1.165) is 10.5 Å². The summed E-state index contributed by atoms with van der Waals surface area (Å²) >= 11 is 0. The third kappa shape index (κ3) is 2.73. The molecule has 0 bridgehead atoms. The first-order valence-electron chi connectivity index (χ1n) is 7.33. The lowest BCUT2D eigenvalue weighted by Gasteiger charge is -2.22. The van der Waals surface area contributed by atoms with Gasteiger partial charge in [0.2, 0.25) is 0 Å². The molecule has 1 aliphatic rings. The van der Waals surface area contributed by atoms with Crippen LogP contribution in [0.3, 0.4) is 0 Å². The summed E-state index contributed by atoms with van der Waals surface area (Å²) in [6.45, 7) is 0. The van der Waals surface area contributed by atoms with E-state index >= 15 is 0 Å². The Morgan fingerprint density at radius 1 is 0.913 bits per heavy atom. The number of hydrogen-bond donors (Lipinski definition) is 1. The van der Waals surface area contributed by atoms with Gasteiger partial charge in [0.15, 0.2) is 0 Å². The molecule has 1 atom stereocenters. The number of nitrogens with zero attached hydrogens (tertiary/aromatic N) is 1. The second-order valence-electron chi connectivity index (χ2n) is 5.40. The molecule has 0 spiro atoms. The molecule has 1 aliphatic heterocycles. The number of amides is 2. The molecule has 1 N–H and O–H groups in total. The number of fused-ring (bicyclic) bond motifs is 1. The van der Waals surface area contributed by atoms with Crippen LogP contribution in [0.15, 0.2) is 54.6 Å². The van der Waals surface area contributed by atoms with Crippen molar-refractivity contribution in [1.82, 2.24) is 4.90 Å². The fourth-order valence-corrected chi connectivity index (χ4v) is 2.80. The molecule has 3 rings (SSSR count). The van der Waals surface area contributed by atoms with Gasteiger partial charge in [-0.05, 0) is 30.5 Å². The summed E-state index contributed by atoms with van der Waals surface area (Å²) in [6.07, 6.45) is 0.663. The number of carbonyl (C=O) groups is 3. The van der Waals surface area contributed by atoms with Gasteiger partial charge in [-0.2, -0.15) is 0 Å². The zero-order chi connectivity index (χ0) is 16.4. The van der Waals surface area contributed by atoms with Gasteiger partial charge in [-0.15, -0.1) is 0 Å². The number of imide groups is 1. The van der Waals surface area contributed by atoms with E-state index in [0.29, 0.717) is 6.42 Å². The van der Waals surface area contributed by atoms with Gasteiger partial charge in [-0.1, -0.05) is 42.5 Å². The van der Waals surface area contributed by atoms with Crippen molar-refractivity contribution in [2.75, 3.05) is 0 Å². The summed E-state index contributed by atoms with van der Waals surface area (Å²) in [7, 11) is 0. The maximum Gasteiger partial charge on any atom is 0.326 e. The van der Waals surface area contributed by atoms with Crippen molar-refractivity contribution in [2.24, 2.45) is 0 Å². The number of carbonyl (C=O) groups excluding carboxylic acids is 2. The van der Waals surface area contributed by atoms with Gasteiger partial charge < -0.3 is 5.11 Å². The zero-order valence-corrected chi connectivity index (χ0v) is 12.3. The van der Waals surface area contributed by atoms with Crippen LogP contribution < -0.4 is 0 Å². The Balaban J connectivity index is 1.84. The maximum absolute atomic E-state index is 12.4. The standard InChI is InChI=1S/C18H15NO4/c20-16-13-8-4-5-9-14(13)17(21)19(16)15(18(22)23)11-10-12-6-2-1-3-7-12/h1-9,15H,10-11H2,(H,22,23). The Kier molecular flexibility index (Phi) is 3.93. The van der Waals surface area contributed by atoms with Gasteiger partial charge in [0.25, 0.3) is 11.8 Å². The van der Waals surface area contributed by atoms with Crippen LogP contribution in [-0.4, -0.2) is 33.8 Å². The first kappa shape index (κ1) is 15.0. The third-order valence-electron chi connectivity index (χ3n) is 3.97. The molecule has 2 aromatic rings. The lowest BCUT2D eigenvalue weighted by Crippen LogP contribution is -2.45. The van der Waals surface area contributed by atoms with E-state index in [9.17, 15) is 19.5 Å². The number of carboxylic acid groups (broad SMARTS) is 1. The van der Waals surface area contributed by atoms with Crippen LogP contribution in [0.5, 0.6) is 0 Å². The Morgan fingerprint density at radius 2 is 1.43 bits per heavy atom. The molecule has 2 amide bonds. The fourth-order valence-electron chi connectivity index (χ4n) is 2.80. The number of aryl methyl sites for hydroxylation is 1. The summed E-state index contributed by atoms with van der Waals surface area (Å²) in [5.74, 6) is -2.24. The zero-order valence-electron chi connectivity index (χ0n) is 12.3. The summed E-state index contributed by atoms with van der Waals surface area (Å²) < 4.78 is 0. The molecule has 0 aromatic heterocycles. The quantitative estimate of drug-likeness (QED) is 0.860. The average molecular weight is 309 g/mol. The van der Waals surface area contributed by atoms with Crippen LogP contribution in [-0.2, 0) is 11.2 Å². The lowest BCUT2D eigenvalue weighted by atomic mass is 10.0. The lowest BCUT2D eigenvalue weighted by molar-refractivity contribution is -0.141. The first-order chi connectivity index (χ1) is 11.1. The van der Waals surface area contributed by atoms with E-state index in [1.54, 1.807) is 24.3 Å². The Hall–Kier alpha value is -2.95. The van der Waals surface area contributed by atoms with E-state index < -0.39 is 23.8 Å². The van der Waals surface area contributed by atoms with Gasteiger partial charge in [-0.25, -0.2) is 4.79 Å². The number of aliphatic carboxylic acids is 1. The minimum atomic E-state index is -1.17. The molecule has 0 fully saturated rings. The van der Waals surface area contributed by atoms with Crippen molar-refractivity contribution in [1.29, 1.82) is 0 Å². The van der Waals surface area contributed by atoms with Gasteiger partial charge in [-0.3, -0.25) is 14.5 Å². The van der Waals surface area contributed by atoms with Crippen LogP contribution in [0.4, 0.5) is 0 Å². The second kappa shape index (κ2) is 6.04. The van der Waals surface area contributed by atoms with E-state index in [4.69, 9.17) is 0 Å². The fraction of sp³-hybridized carbons (Fsp3) is 0.167. The number of benzene rings is 2. The SMILES string of the molecule is O=C(O)C(CCc1ccccc1)N1C(=O)c2ccccc2C1=O. The minimum Gasteiger partial charge on any atom is -0.480 e. The highest BCUT2D eigenvalue weighted by atomic mass is 16.4. The van der Waals surface area contributed by atoms with Gasteiger partial charge in [0.05, 0.1) is 11.1 Å².